The number of carbonyl (C=O) groups is 7. The topological polar surface area (TPSA) is 470 Å². The van der Waals surface area contributed by atoms with E-state index < -0.39 is 31.6 Å². The third kappa shape index (κ3) is 23.9. The highest BCUT2D eigenvalue weighted by molar-refractivity contribution is 9.10. The number of nitrogens with zero attached hydrogens (tertiary/aromatic N) is 13. The summed E-state index contributed by atoms with van der Waals surface area (Å²) in [5.74, 6) is 2.91. The second-order valence-electron chi connectivity index (χ2n) is 33.8. The maximum Gasteiger partial charge on any atom is 0.342 e. The minimum atomic E-state index is -0.632. The van der Waals surface area contributed by atoms with Crippen molar-refractivity contribution in [2.75, 3.05) is 51.9 Å². The normalized spacial score (nSPS) is 10.7. The zero-order valence-corrected chi connectivity index (χ0v) is 86.6. The monoisotopic (exact) mass is 2090 g/mol. The number of hydrogen-bond donors (Lipinski definition) is 3. The number of nitriles is 2. The van der Waals surface area contributed by atoms with Gasteiger partial charge >= 0.3 is 5.97 Å². The first-order chi connectivity index (χ1) is 72.1. The Balaban J connectivity index is 0.000000156. The Morgan fingerprint density at radius 3 is 1.11 bits per heavy atom. The molecule has 2 amide bonds. The SMILES string of the molecule is CCC(=O)c1cn(CC)c2cc(OC)ccc12.CCn1c(N)c(C(=O)OC)c2ccc([N+](=O)[O-])cc21.CCn1c(NC(=O)c2ccc(Br)cc2)c(C#N)c2ccc([N+](=O)[O-])cc21.CCn1c(NC(=O)c2cccc([N+](=O)[O-])c2)c(C#N)c2ccc([N+](=O)[O-])cc21.CCn1cc(C(=O)C(C)C)c2ccc(OC)cc21.CCn1cc(C(=O)c2ccccc2)c2cc(OC)ccc21.CCn1cc(C(=O)c2ccccc2)c2ccc(OC)cc21. The van der Waals surface area contributed by atoms with E-state index in [1.165, 1.54) is 79.9 Å². The Labute approximate surface area is 869 Å². The van der Waals surface area contributed by atoms with Crippen LogP contribution in [0.25, 0.3) is 76.3 Å². The average molecular weight is 2090 g/mol. The number of nitrogens with two attached hydrogens (primary N) is 1. The van der Waals surface area contributed by atoms with E-state index in [0.29, 0.717) is 81.3 Å². The largest absolute Gasteiger partial charge is 0.497 e. The molecule has 11 aromatic carbocycles. The molecule has 7 heterocycles. The van der Waals surface area contributed by atoms with Gasteiger partial charge < -0.3 is 72.0 Å². The summed E-state index contributed by atoms with van der Waals surface area (Å²) >= 11 is 3.31. The molecule has 0 radical (unpaired) electrons. The number of Topliss-reactive ketones (excluding diaryl/α,β-unsaturated/α-hetero) is 2. The number of aryl methyl sites for hydroxylation is 7. The van der Waals surface area contributed by atoms with Crippen LogP contribution in [-0.2, 0) is 50.6 Å². The van der Waals surface area contributed by atoms with Crippen LogP contribution in [0.15, 0.2) is 266 Å². The number of rotatable bonds is 28. The number of halogens is 1. The number of methoxy groups -OCH3 is 5. The highest BCUT2D eigenvalue weighted by Gasteiger charge is 2.29. The lowest BCUT2D eigenvalue weighted by molar-refractivity contribution is -0.385. The molecule has 150 heavy (non-hydrogen) atoms. The smallest absolute Gasteiger partial charge is 0.342 e. The summed E-state index contributed by atoms with van der Waals surface area (Å²) in [6.07, 6.45) is 8.29. The van der Waals surface area contributed by atoms with Crippen LogP contribution < -0.4 is 35.3 Å². The van der Waals surface area contributed by atoms with Crippen molar-refractivity contribution in [3.8, 4) is 35.1 Å². The number of carbonyl (C=O) groups excluding carboxylic acids is 7. The van der Waals surface area contributed by atoms with Crippen LogP contribution in [0, 0.1) is 69.0 Å². The number of esters is 1. The fourth-order valence-electron chi connectivity index (χ4n) is 17.3. The molecule has 18 aromatic rings. The average Bonchev–Trinajstić information content (AvgIpc) is 1.60. The van der Waals surface area contributed by atoms with E-state index in [9.17, 15) is 84.5 Å². The molecule has 0 atom stereocenters. The lowest BCUT2D eigenvalue weighted by atomic mass is 10.0. The van der Waals surface area contributed by atoms with Crippen LogP contribution in [0.2, 0.25) is 0 Å². The molecule has 0 fully saturated rings. The van der Waals surface area contributed by atoms with Crippen LogP contribution in [0.4, 0.5) is 40.2 Å². The quantitative estimate of drug-likeness (QED) is 0.0177. The van der Waals surface area contributed by atoms with E-state index in [2.05, 4.69) is 78.6 Å². The minimum Gasteiger partial charge on any atom is -0.497 e. The molecular weight excluding hydrogens is 1980 g/mol. The van der Waals surface area contributed by atoms with E-state index >= 15 is 0 Å². The van der Waals surface area contributed by atoms with Gasteiger partial charge in [0.15, 0.2) is 23.1 Å². The zero-order valence-electron chi connectivity index (χ0n) is 85.0. The zero-order chi connectivity index (χ0) is 109. The summed E-state index contributed by atoms with van der Waals surface area (Å²) in [5.41, 5.74) is 16.8. The van der Waals surface area contributed by atoms with Gasteiger partial charge in [-0.3, -0.25) is 69.2 Å². The van der Waals surface area contributed by atoms with Crippen molar-refractivity contribution >= 4 is 173 Å². The number of ketones is 4. The number of nitrogens with one attached hydrogen (secondary N) is 2. The molecule has 0 unspecified atom stereocenters. The van der Waals surface area contributed by atoms with Gasteiger partial charge in [-0.2, -0.15) is 10.5 Å². The first-order valence-corrected chi connectivity index (χ1v) is 48.5. The number of aromatic nitrogens is 7. The number of nitrogen functional groups attached to an aromatic ring is 1. The fraction of sp³-hybridized carbons (Fsp3) is 0.212. The van der Waals surface area contributed by atoms with Crippen molar-refractivity contribution in [3.05, 3.63) is 368 Å². The molecule has 0 aliphatic heterocycles. The molecule has 0 spiro atoms. The Hall–Kier alpha value is -18.7. The predicted octanol–water partition coefficient (Wildman–Crippen LogP) is 24.6. The van der Waals surface area contributed by atoms with Crippen LogP contribution in [0.5, 0.6) is 23.0 Å². The summed E-state index contributed by atoms with van der Waals surface area (Å²) in [5, 5.41) is 73.8. The number of ether oxygens (including phenoxy) is 5. The fourth-order valence-corrected chi connectivity index (χ4v) is 17.6. The Morgan fingerprint density at radius 2 is 0.720 bits per heavy atom. The predicted molar refractivity (Wildman–Crippen MR) is 581 cm³/mol. The molecule has 18 rings (SSSR count). The maximum atomic E-state index is 12.7. The molecule has 0 bridgehead atoms. The summed E-state index contributed by atoms with van der Waals surface area (Å²) in [6.45, 7) is 24.1. The standard InChI is InChI=1S/C18H13BrN4O3.C18H13N5O5.2C18H17NO2.C15H19NO2.C14H17NO2.C12H13N3O4/c1-2-22-16-9-13(23(25)26)7-8-14(16)15(10-20)17(22)21-18(24)11-3-5-12(19)6-4-11;1-2-21-16-9-13(23(27)28)6-7-14(16)15(10-19)17(21)20-18(24)11-4-3-5-12(8-11)22(25)26;1-3-19-12-16(18(20)13-7-5-4-6-8-13)15-11-14(21-2)9-10-17(15)19;1-3-19-12-16(18(20)13-7-5-4-6-8-13)15-10-9-14(21-2)11-17(15)19;1-5-16-9-13(15(17)10(2)3)12-7-6-11(18-4)8-14(12)16;1-4-14(16)12-9-15(5-2)13-8-10(17-3)6-7-11(12)13;1-3-14-9-6-7(15(17)18)4-5-8(9)10(11(14)13)12(16)19-2/h3-9H,2H2,1H3,(H,21,24);3-9H,2H2,1H3,(H,20,24);2*4-12H,3H2,1-2H3;6-10H,5H2,1-4H3;6-9H,4-5H2,1-3H3;4-6H,3,13H2,1-2H3. The molecule has 0 saturated heterocycles. The minimum absolute atomic E-state index is 0.0167. The van der Waals surface area contributed by atoms with Gasteiger partial charge in [-0.15, -0.1) is 0 Å². The van der Waals surface area contributed by atoms with Gasteiger partial charge in [0.1, 0.15) is 69.3 Å². The molecule has 4 N–H and O–H groups in total. The molecule has 768 valence electrons. The van der Waals surface area contributed by atoms with Gasteiger partial charge in [0.05, 0.1) is 88.3 Å². The van der Waals surface area contributed by atoms with Crippen molar-refractivity contribution in [2.45, 2.75) is 121 Å². The Morgan fingerprint density at radius 1 is 0.367 bits per heavy atom. The molecule has 0 aliphatic rings. The van der Waals surface area contributed by atoms with E-state index in [-0.39, 0.29) is 91.6 Å². The van der Waals surface area contributed by atoms with Crippen molar-refractivity contribution < 1.29 is 76.9 Å². The number of fused-ring (bicyclic) bond motifs is 7. The number of benzene rings is 11. The summed E-state index contributed by atoms with van der Waals surface area (Å²) in [4.78, 5) is 128. The third-order valence-electron chi connectivity index (χ3n) is 25.0. The van der Waals surface area contributed by atoms with Crippen LogP contribution in [-0.4, -0.2) is 128 Å². The maximum absolute atomic E-state index is 12.7. The lowest BCUT2D eigenvalue weighted by Gasteiger charge is -2.10. The molecule has 0 aliphatic carbocycles. The van der Waals surface area contributed by atoms with Crippen LogP contribution in [0.3, 0.4) is 0 Å². The van der Waals surface area contributed by atoms with Crippen LogP contribution in [0.1, 0.15) is 170 Å². The van der Waals surface area contributed by atoms with Crippen molar-refractivity contribution in [2.24, 2.45) is 5.92 Å². The number of non-ortho nitro benzene ring substituents is 4. The molecule has 37 heteroatoms. The van der Waals surface area contributed by atoms with E-state index in [1.54, 1.807) is 73.3 Å². The highest BCUT2D eigenvalue weighted by Crippen LogP contribution is 2.39. The number of amides is 2. The summed E-state index contributed by atoms with van der Waals surface area (Å²) in [7, 11) is 7.86. The van der Waals surface area contributed by atoms with Gasteiger partial charge in [-0.1, -0.05) is 103 Å². The van der Waals surface area contributed by atoms with E-state index in [4.69, 9.17) is 29.4 Å². The van der Waals surface area contributed by atoms with Crippen LogP contribution >= 0.6 is 15.9 Å². The molecule has 7 aromatic heterocycles. The van der Waals surface area contributed by atoms with E-state index in [0.717, 1.165) is 126 Å². The lowest BCUT2D eigenvalue weighted by Crippen LogP contribution is -2.16. The highest BCUT2D eigenvalue weighted by atomic mass is 79.9. The summed E-state index contributed by atoms with van der Waals surface area (Å²) < 4.78 is 39.8. The van der Waals surface area contributed by atoms with Crippen molar-refractivity contribution in [3.63, 3.8) is 0 Å². The van der Waals surface area contributed by atoms with Crippen molar-refractivity contribution in [1.29, 1.82) is 10.5 Å². The Kier molecular flexibility index (Phi) is 36.5. The van der Waals surface area contributed by atoms with Crippen molar-refractivity contribution in [1.82, 2.24) is 32.0 Å². The van der Waals surface area contributed by atoms with Gasteiger partial charge in [0.2, 0.25) is 0 Å². The molecular formula is C113H109BrN16O20. The van der Waals surface area contributed by atoms with E-state index in [1.807, 2.05) is 199 Å². The summed E-state index contributed by atoms with van der Waals surface area (Å²) in [6, 6.07) is 70.9. The number of nitro groups is 4. The molecule has 36 nitrogen and oxygen atoms in total. The third-order valence-corrected chi connectivity index (χ3v) is 25.5. The van der Waals surface area contributed by atoms with Gasteiger partial charge in [0.25, 0.3) is 34.6 Å². The molecule has 0 saturated carbocycles. The van der Waals surface area contributed by atoms with Gasteiger partial charge in [-0.05, 0) is 152 Å². The van der Waals surface area contributed by atoms with Gasteiger partial charge in [-0.25, -0.2) is 4.79 Å². The Bertz CT molecular complexity index is 8300. The second-order valence-corrected chi connectivity index (χ2v) is 34.7. The first kappa shape index (κ1) is 110. The number of anilines is 3. The number of nitro benzene ring substituents is 4. The van der Waals surface area contributed by atoms with Gasteiger partial charge in [0, 0.05) is 242 Å². The second kappa shape index (κ2) is 49.8. The number of hydrogen-bond acceptors (Lipinski definition) is 23. The first-order valence-electron chi connectivity index (χ1n) is 47.7.